The second-order valence-corrected chi connectivity index (χ2v) is 8.67. The molecular weight excluding hydrogens is 328 g/mol. The van der Waals surface area contributed by atoms with E-state index < -0.39 is 11.0 Å². The summed E-state index contributed by atoms with van der Waals surface area (Å²) in [5, 5.41) is 4.79. The number of hydrogen-bond donors (Lipinski definition) is 0. The predicted molar refractivity (Wildman–Crippen MR) is 97.2 cm³/mol. The van der Waals surface area contributed by atoms with Gasteiger partial charge in [-0.15, -0.1) is 0 Å². The zero-order valence-corrected chi connectivity index (χ0v) is 16.3. The van der Waals surface area contributed by atoms with Crippen LogP contribution in [0.5, 0.6) is 0 Å². The van der Waals surface area contributed by atoms with Crippen LogP contribution in [0, 0.1) is 12.3 Å². The first kappa shape index (κ1) is 17.2. The summed E-state index contributed by atoms with van der Waals surface area (Å²) in [6.07, 6.45) is 5.13. The van der Waals surface area contributed by atoms with Crippen LogP contribution in [0.25, 0.3) is 5.69 Å². The fraction of sp³-hybridized carbons (Fsp3) is 0.600. The minimum absolute atomic E-state index is 0.168. The number of aromatic nitrogens is 4. The molecule has 1 saturated heterocycles. The van der Waals surface area contributed by atoms with Crippen molar-refractivity contribution in [1.29, 1.82) is 0 Å². The molecule has 26 heavy (non-hydrogen) atoms. The molecule has 2 aromatic heterocycles. The molecular formula is C20H26N4O2. The number of fused-ring (bicyclic) bond motifs is 2. The van der Waals surface area contributed by atoms with Gasteiger partial charge in [-0.05, 0) is 38.3 Å². The Morgan fingerprint density at radius 1 is 1.23 bits per heavy atom. The van der Waals surface area contributed by atoms with E-state index in [4.69, 9.17) is 14.8 Å². The first-order valence-electron chi connectivity index (χ1n) is 9.26. The molecule has 2 atom stereocenters. The topological polar surface area (TPSA) is 69.9 Å². The van der Waals surface area contributed by atoms with Crippen molar-refractivity contribution in [3.8, 4) is 5.69 Å². The molecule has 2 bridgehead atoms. The van der Waals surface area contributed by atoms with E-state index in [2.05, 4.69) is 32.7 Å². The highest BCUT2D eigenvalue weighted by molar-refractivity contribution is 5.88. The van der Waals surface area contributed by atoms with Crippen LogP contribution >= 0.6 is 0 Å². The van der Waals surface area contributed by atoms with Crippen molar-refractivity contribution in [2.24, 2.45) is 5.41 Å². The average Bonchev–Trinajstić information content (AvgIpc) is 3.12. The van der Waals surface area contributed by atoms with Gasteiger partial charge in [0.25, 0.3) is 0 Å². The molecule has 2 aliphatic rings. The standard InChI is InChI=1S/C20H26N4O2/c1-12(2)15-22-16(24(23-15)14-7-10-21-11-13(14)3)20-9-8-19(6,18(20,4)5)26-17(20)25/h7,10-12H,8-9H2,1-6H3/t19-,20+/m1/s1. The van der Waals surface area contributed by atoms with Crippen LogP contribution in [-0.4, -0.2) is 31.3 Å². The van der Waals surface area contributed by atoms with Crippen LogP contribution < -0.4 is 0 Å². The third-order valence-electron chi connectivity index (χ3n) is 6.77. The summed E-state index contributed by atoms with van der Waals surface area (Å²) in [7, 11) is 0. The molecule has 1 saturated carbocycles. The van der Waals surface area contributed by atoms with Crippen LogP contribution in [0.4, 0.5) is 0 Å². The fourth-order valence-corrected chi connectivity index (χ4v) is 4.53. The summed E-state index contributed by atoms with van der Waals surface area (Å²) in [4.78, 5) is 22.2. The van der Waals surface area contributed by atoms with E-state index >= 15 is 0 Å². The van der Waals surface area contributed by atoms with E-state index in [1.807, 2.05) is 30.8 Å². The number of carbonyl (C=O) groups is 1. The highest BCUT2D eigenvalue weighted by Crippen LogP contribution is 2.66. The van der Waals surface area contributed by atoms with E-state index in [0.29, 0.717) is 5.82 Å². The Balaban J connectivity index is 2.01. The quantitative estimate of drug-likeness (QED) is 0.790. The van der Waals surface area contributed by atoms with Gasteiger partial charge in [0.2, 0.25) is 0 Å². The molecule has 0 aromatic carbocycles. The molecule has 0 radical (unpaired) electrons. The van der Waals surface area contributed by atoms with Crippen LogP contribution in [0.1, 0.15) is 70.6 Å². The molecule has 138 valence electrons. The molecule has 6 nitrogen and oxygen atoms in total. The van der Waals surface area contributed by atoms with Gasteiger partial charge in [0.1, 0.15) is 11.0 Å². The van der Waals surface area contributed by atoms with E-state index in [-0.39, 0.29) is 17.3 Å². The summed E-state index contributed by atoms with van der Waals surface area (Å²) in [6.45, 7) is 12.4. The van der Waals surface area contributed by atoms with Crippen LogP contribution in [0.15, 0.2) is 18.5 Å². The molecule has 2 fully saturated rings. The van der Waals surface area contributed by atoms with Crippen molar-refractivity contribution >= 4 is 5.97 Å². The highest BCUT2D eigenvalue weighted by atomic mass is 16.6. The molecule has 6 heteroatoms. The summed E-state index contributed by atoms with van der Waals surface area (Å²) in [6, 6.07) is 1.93. The summed E-state index contributed by atoms with van der Waals surface area (Å²) < 4.78 is 7.73. The number of aryl methyl sites for hydroxylation is 1. The van der Waals surface area contributed by atoms with Crippen molar-refractivity contribution in [1.82, 2.24) is 19.7 Å². The molecule has 0 N–H and O–H groups in total. The minimum Gasteiger partial charge on any atom is -0.458 e. The van der Waals surface area contributed by atoms with Crippen LogP contribution in [-0.2, 0) is 14.9 Å². The lowest BCUT2D eigenvalue weighted by molar-refractivity contribution is -0.156. The summed E-state index contributed by atoms with van der Waals surface area (Å²) in [5.41, 5.74) is 0.295. The molecule has 0 unspecified atom stereocenters. The van der Waals surface area contributed by atoms with Crippen LogP contribution in [0.3, 0.4) is 0 Å². The maximum Gasteiger partial charge on any atom is 0.321 e. The third-order valence-corrected chi connectivity index (χ3v) is 6.77. The molecule has 1 aliphatic heterocycles. The Morgan fingerprint density at radius 2 is 1.96 bits per heavy atom. The van der Waals surface area contributed by atoms with E-state index in [9.17, 15) is 4.79 Å². The summed E-state index contributed by atoms with van der Waals surface area (Å²) >= 11 is 0. The average molecular weight is 354 g/mol. The second kappa shape index (κ2) is 5.15. The molecule has 3 heterocycles. The zero-order valence-electron chi connectivity index (χ0n) is 16.3. The van der Waals surface area contributed by atoms with Crippen LogP contribution in [0.2, 0.25) is 0 Å². The lowest BCUT2D eigenvalue weighted by Crippen LogP contribution is -2.45. The largest absolute Gasteiger partial charge is 0.458 e. The molecule has 0 spiro atoms. The van der Waals surface area contributed by atoms with Gasteiger partial charge in [-0.3, -0.25) is 9.78 Å². The first-order chi connectivity index (χ1) is 12.1. The van der Waals surface area contributed by atoms with E-state index in [1.165, 1.54) is 0 Å². The molecule has 4 rings (SSSR count). The van der Waals surface area contributed by atoms with Gasteiger partial charge in [-0.1, -0.05) is 27.7 Å². The lowest BCUT2D eigenvalue weighted by atomic mass is 9.65. The number of ether oxygens (including phenoxy) is 1. The molecule has 0 amide bonds. The van der Waals surface area contributed by atoms with E-state index in [0.717, 1.165) is 29.9 Å². The van der Waals surface area contributed by atoms with E-state index in [1.54, 1.807) is 6.20 Å². The lowest BCUT2D eigenvalue weighted by Gasteiger charge is -2.35. The van der Waals surface area contributed by atoms with Gasteiger partial charge in [0.05, 0.1) is 5.69 Å². The highest BCUT2D eigenvalue weighted by Gasteiger charge is 2.75. The maximum atomic E-state index is 13.1. The van der Waals surface area contributed by atoms with Gasteiger partial charge >= 0.3 is 5.97 Å². The Kier molecular flexibility index (Phi) is 3.40. The predicted octanol–water partition coefficient (Wildman–Crippen LogP) is 3.47. The number of nitrogens with zero attached hydrogens (tertiary/aromatic N) is 4. The monoisotopic (exact) mass is 354 g/mol. The zero-order chi connectivity index (χ0) is 18.9. The third kappa shape index (κ3) is 1.87. The Hall–Kier alpha value is -2.24. The number of pyridine rings is 1. The van der Waals surface area contributed by atoms with Gasteiger partial charge < -0.3 is 4.74 Å². The Labute approximate surface area is 154 Å². The number of rotatable bonds is 3. The van der Waals surface area contributed by atoms with Crippen molar-refractivity contribution in [2.45, 2.75) is 71.3 Å². The van der Waals surface area contributed by atoms with Gasteiger partial charge in [0, 0.05) is 23.7 Å². The number of hydrogen-bond acceptors (Lipinski definition) is 5. The van der Waals surface area contributed by atoms with Crippen molar-refractivity contribution < 1.29 is 9.53 Å². The Bertz CT molecular complexity index is 901. The Morgan fingerprint density at radius 3 is 2.50 bits per heavy atom. The minimum atomic E-state index is -0.780. The fourth-order valence-electron chi connectivity index (χ4n) is 4.53. The second-order valence-electron chi connectivity index (χ2n) is 8.67. The first-order valence-corrected chi connectivity index (χ1v) is 9.26. The van der Waals surface area contributed by atoms with Gasteiger partial charge in [-0.2, -0.15) is 5.10 Å². The van der Waals surface area contributed by atoms with Crippen molar-refractivity contribution in [3.63, 3.8) is 0 Å². The maximum absolute atomic E-state index is 13.1. The smallest absolute Gasteiger partial charge is 0.321 e. The van der Waals surface area contributed by atoms with Gasteiger partial charge in [-0.25, -0.2) is 9.67 Å². The SMILES string of the molecule is Cc1cnccc1-n1nc(C(C)C)nc1[C@@]12CC[C@@](C)(OC1=O)C2(C)C. The normalized spacial score (nSPS) is 29.4. The van der Waals surface area contributed by atoms with Crippen molar-refractivity contribution in [3.05, 3.63) is 35.7 Å². The number of esters is 1. The van der Waals surface area contributed by atoms with Crippen molar-refractivity contribution in [2.75, 3.05) is 0 Å². The molecule has 1 aliphatic carbocycles. The molecule has 2 aromatic rings. The summed E-state index contributed by atoms with van der Waals surface area (Å²) in [5.74, 6) is 1.44. The van der Waals surface area contributed by atoms with Gasteiger partial charge in [0.15, 0.2) is 11.6 Å². The number of carbonyl (C=O) groups excluding carboxylic acids is 1.